The summed E-state index contributed by atoms with van der Waals surface area (Å²) in [5.74, 6) is -1.25. The van der Waals surface area contributed by atoms with Crippen LogP contribution in [0.25, 0.3) is 0 Å². The van der Waals surface area contributed by atoms with E-state index in [0.29, 0.717) is 13.0 Å². The Kier molecular flexibility index (Phi) is 7.10. The number of carbonyl (C=O) groups is 2. The molecule has 0 aliphatic heterocycles. The van der Waals surface area contributed by atoms with Crippen LogP contribution in [-0.4, -0.2) is 38.2 Å². The van der Waals surface area contributed by atoms with Gasteiger partial charge in [0.25, 0.3) is 5.91 Å². The molecule has 0 saturated heterocycles. The zero-order chi connectivity index (χ0) is 16.6. The van der Waals surface area contributed by atoms with Gasteiger partial charge in [-0.15, -0.1) is 0 Å². The topological polar surface area (TPSA) is 114 Å². The molecule has 1 rings (SSSR count). The number of hydrogen-bond donors (Lipinski definition) is 2. The third-order valence-corrected chi connectivity index (χ3v) is 3.97. The van der Waals surface area contributed by atoms with Crippen LogP contribution in [0, 0.1) is 0 Å². The molecule has 0 atom stereocenters. The van der Waals surface area contributed by atoms with E-state index < -0.39 is 21.7 Å². The molecular formula is C14H21NO6S. The number of amides is 1. The second kappa shape index (κ2) is 8.57. The fourth-order valence-corrected chi connectivity index (χ4v) is 2.42. The van der Waals surface area contributed by atoms with Gasteiger partial charge in [0.05, 0.1) is 0 Å². The lowest BCUT2D eigenvalue weighted by Crippen LogP contribution is -2.23. The fraction of sp³-hybridized carbons (Fsp3) is 0.571. The second-order valence-corrected chi connectivity index (χ2v) is 7.00. The predicted octanol–water partition coefficient (Wildman–Crippen LogP) is 1.84. The lowest BCUT2D eigenvalue weighted by Gasteiger charge is -2.03. The van der Waals surface area contributed by atoms with Crippen molar-refractivity contribution in [3.05, 3.63) is 17.9 Å². The quantitative estimate of drug-likeness (QED) is 0.632. The maximum atomic E-state index is 11.7. The van der Waals surface area contributed by atoms with Crippen molar-refractivity contribution in [2.45, 2.75) is 43.6 Å². The fourth-order valence-electron chi connectivity index (χ4n) is 1.86. The van der Waals surface area contributed by atoms with Crippen LogP contribution in [-0.2, 0) is 14.6 Å². The molecule has 0 unspecified atom stereocenters. The van der Waals surface area contributed by atoms with Crippen LogP contribution in [0.15, 0.2) is 21.6 Å². The Morgan fingerprint density at radius 3 is 2.36 bits per heavy atom. The van der Waals surface area contributed by atoms with Gasteiger partial charge in [0.2, 0.25) is 14.9 Å². The number of rotatable bonds is 10. The minimum atomic E-state index is -3.45. The first-order chi connectivity index (χ1) is 10.3. The number of carbonyl (C=O) groups excluding carboxylic acids is 1. The van der Waals surface area contributed by atoms with Crippen LogP contribution in [0.4, 0.5) is 0 Å². The van der Waals surface area contributed by atoms with E-state index in [2.05, 4.69) is 5.32 Å². The first-order valence-corrected chi connectivity index (χ1v) is 9.00. The normalized spacial score (nSPS) is 11.3. The van der Waals surface area contributed by atoms with E-state index in [-0.39, 0.29) is 17.3 Å². The van der Waals surface area contributed by atoms with E-state index in [1.54, 1.807) is 0 Å². The molecule has 0 spiro atoms. The highest BCUT2D eigenvalue weighted by atomic mass is 32.2. The minimum absolute atomic E-state index is 0.0260. The van der Waals surface area contributed by atoms with Crippen LogP contribution in [0.3, 0.4) is 0 Å². The molecule has 1 aromatic rings. The van der Waals surface area contributed by atoms with Gasteiger partial charge >= 0.3 is 5.97 Å². The van der Waals surface area contributed by atoms with Crippen LogP contribution >= 0.6 is 0 Å². The largest absolute Gasteiger partial charge is 0.481 e. The molecule has 0 aliphatic carbocycles. The molecule has 1 heterocycles. The van der Waals surface area contributed by atoms with Gasteiger partial charge in [-0.05, 0) is 25.0 Å². The van der Waals surface area contributed by atoms with Gasteiger partial charge in [-0.2, -0.15) is 0 Å². The Morgan fingerprint density at radius 1 is 1.14 bits per heavy atom. The van der Waals surface area contributed by atoms with Gasteiger partial charge in [-0.3, -0.25) is 9.59 Å². The number of nitrogens with one attached hydrogen (secondary N) is 1. The van der Waals surface area contributed by atoms with Crippen LogP contribution in [0.5, 0.6) is 0 Å². The summed E-state index contributed by atoms with van der Waals surface area (Å²) in [4.78, 5) is 22.0. The molecule has 0 saturated carbocycles. The molecule has 124 valence electrons. The molecule has 0 aliphatic rings. The zero-order valence-electron chi connectivity index (χ0n) is 12.5. The average Bonchev–Trinajstić information content (AvgIpc) is 2.91. The molecule has 8 heteroatoms. The lowest BCUT2D eigenvalue weighted by atomic mass is 10.1. The summed E-state index contributed by atoms with van der Waals surface area (Å²) in [7, 11) is -3.45. The number of furan rings is 1. The highest BCUT2D eigenvalue weighted by molar-refractivity contribution is 7.90. The van der Waals surface area contributed by atoms with E-state index in [0.717, 1.165) is 31.9 Å². The van der Waals surface area contributed by atoms with Crippen molar-refractivity contribution in [2.24, 2.45) is 0 Å². The molecule has 22 heavy (non-hydrogen) atoms. The van der Waals surface area contributed by atoms with Crippen molar-refractivity contribution in [3.63, 3.8) is 0 Å². The van der Waals surface area contributed by atoms with Crippen molar-refractivity contribution < 1.29 is 27.5 Å². The molecule has 1 amide bonds. The number of carboxylic acid groups (broad SMARTS) is 1. The van der Waals surface area contributed by atoms with Crippen LogP contribution in [0.2, 0.25) is 0 Å². The number of sulfone groups is 1. The standard InChI is InChI=1S/C14H21NO6S/c1-22(19,20)13-9-8-11(21-13)14(18)15-10-6-4-2-3-5-7-12(16)17/h8-9H,2-7,10H2,1H3,(H,15,18)(H,16,17). The number of hydrogen-bond acceptors (Lipinski definition) is 5. The van der Waals surface area contributed by atoms with E-state index in [1.165, 1.54) is 12.1 Å². The molecule has 0 radical (unpaired) electrons. The summed E-state index contributed by atoms with van der Waals surface area (Å²) in [6.07, 6.45) is 5.32. The smallest absolute Gasteiger partial charge is 0.303 e. The van der Waals surface area contributed by atoms with Gasteiger partial charge in [-0.25, -0.2) is 8.42 Å². The predicted molar refractivity (Wildman–Crippen MR) is 79.5 cm³/mol. The van der Waals surface area contributed by atoms with Crippen molar-refractivity contribution in [1.82, 2.24) is 5.32 Å². The Hall–Kier alpha value is -1.83. The average molecular weight is 331 g/mol. The molecule has 0 bridgehead atoms. The molecule has 7 nitrogen and oxygen atoms in total. The summed E-state index contributed by atoms with van der Waals surface area (Å²) in [5.41, 5.74) is 0. The van der Waals surface area contributed by atoms with Gasteiger partial charge in [0, 0.05) is 19.2 Å². The molecular weight excluding hydrogens is 310 g/mol. The summed E-state index contributed by atoms with van der Waals surface area (Å²) >= 11 is 0. The summed E-state index contributed by atoms with van der Waals surface area (Å²) in [6, 6.07) is 2.59. The Balaban J connectivity index is 2.19. The van der Waals surface area contributed by atoms with Gasteiger partial charge < -0.3 is 14.8 Å². The first kappa shape index (κ1) is 18.2. The highest BCUT2D eigenvalue weighted by Crippen LogP contribution is 2.13. The lowest BCUT2D eigenvalue weighted by molar-refractivity contribution is -0.137. The number of unbranched alkanes of at least 4 members (excludes halogenated alkanes) is 4. The van der Waals surface area contributed by atoms with Crippen molar-refractivity contribution in [2.75, 3.05) is 12.8 Å². The molecule has 0 aromatic carbocycles. The monoisotopic (exact) mass is 331 g/mol. The maximum absolute atomic E-state index is 11.7. The van der Waals surface area contributed by atoms with Crippen LogP contribution < -0.4 is 5.32 Å². The number of aliphatic carboxylic acids is 1. The first-order valence-electron chi connectivity index (χ1n) is 7.10. The Morgan fingerprint density at radius 2 is 1.77 bits per heavy atom. The third kappa shape index (κ3) is 6.75. The summed E-state index contributed by atoms with van der Waals surface area (Å²) in [5, 5.41) is 10.9. The van der Waals surface area contributed by atoms with E-state index in [9.17, 15) is 18.0 Å². The van der Waals surface area contributed by atoms with E-state index in [1.807, 2.05) is 0 Å². The SMILES string of the molecule is CS(=O)(=O)c1ccc(C(=O)NCCCCCCCC(=O)O)o1. The molecule has 0 fully saturated rings. The van der Waals surface area contributed by atoms with Crippen molar-refractivity contribution in [3.8, 4) is 0 Å². The molecule has 1 aromatic heterocycles. The summed E-state index contributed by atoms with van der Waals surface area (Å²) in [6.45, 7) is 0.465. The van der Waals surface area contributed by atoms with E-state index in [4.69, 9.17) is 9.52 Å². The minimum Gasteiger partial charge on any atom is -0.481 e. The maximum Gasteiger partial charge on any atom is 0.303 e. The molecule has 2 N–H and O–H groups in total. The zero-order valence-corrected chi connectivity index (χ0v) is 13.3. The number of carboxylic acids is 1. The highest BCUT2D eigenvalue weighted by Gasteiger charge is 2.16. The Bertz CT molecular complexity index is 605. The van der Waals surface area contributed by atoms with Crippen molar-refractivity contribution in [1.29, 1.82) is 0 Å². The van der Waals surface area contributed by atoms with Crippen LogP contribution in [0.1, 0.15) is 49.1 Å². The third-order valence-electron chi connectivity index (χ3n) is 3.02. The van der Waals surface area contributed by atoms with Gasteiger partial charge in [0.15, 0.2) is 5.76 Å². The van der Waals surface area contributed by atoms with Gasteiger partial charge in [0.1, 0.15) is 0 Å². The van der Waals surface area contributed by atoms with Crippen molar-refractivity contribution >= 4 is 21.7 Å². The Labute approximate surface area is 129 Å². The second-order valence-electron chi connectivity index (χ2n) is 5.06. The van der Waals surface area contributed by atoms with Gasteiger partial charge in [-0.1, -0.05) is 19.3 Å². The van der Waals surface area contributed by atoms with E-state index >= 15 is 0 Å². The summed E-state index contributed by atoms with van der Waals surface area (Å²) < 4.78 is 27.5.